The molecule has 1 saturated carbocycles. The van der Waals surface area contributed by atoms with Crippen LogP contribution in [0.3, 0.4) is 0 Å². The summed E-state index contributed by atoms with van der Waals surface area (Å²) in [5.74, 6) is -0.216. The second-order valence-corrected chi connectivity index (χ2v) is 8.03. The van der Waals surface area contributed by atoms with Crippen LogP contribution in [0.25, 0.3) is 0 Å². The number of aromatic amines is 1. The SMILES string of the molecule is CCc1cc(C(=O)N(C)[C@@H]2CCCC[C@@H]2S(C)(=O)=O)n[nH]1. The number of carbonyl (C=O) groups is 1. The molecule has 118 valence electrons. The Bertz CT molecular complexity index is 609. The predicted molar refractivity (Wildman–Crippen MR) is 80.9 cm³/mol. The van der Waals surface area contributed by atoms with Crippen LogP contribution >= 0.6 is 0 Å². The van der Waals surface area contributed by atoms with Crippen molar-refractivity contribution in [3.63, 3.8) is 0 Å². The van der Waals surface area contributed by atoms with E-state index in [2.05, 4.69) is 10.2 Å². The molecule has 21 heavy (non-hydrogen) atoms. The Morgan fingerprint density at radius 3 is 2.67 bits per heavy atom. The van der Waals surface area contributed by atoms with E-state index in [1.54, 1.807) is 18.0 Å². The highest BCUT2D eigenvalue weighted by molar-refractivity contribution is 7.91. The molecular weight excluding hydrogens is 290 g/mol. The van der Waals surface area contributed by atoms with Gasteiger partial charge in [-0.1, -0.05) is 19.8 Å². The molecule has 1 N–H and O–H groups in total. The fraction of sp³-hybridized carbons (Fsp3) is 0.714. The number of hydrogen-bond acceptors (Lipinski definition) is 4. The monoisotopic (exact) mass is 313 g/mol. The molecule has 0 radical (unpaired) electrons. The average Bonchev–Trinajstić information content (AvgIpc) is 2.93. The van der Waals surface area contributed by atoms with E-state index in [4.69, 9.17) is 0 Å². The van der Waals surface area contributed by atoms with Gasteiger partial charge in [0.2, 0.25) is 0 Å². The number of H-pyrrole nitrogens is 1. The molecule has 1 aliphatic rings. The molecule has 0 saturated heterocycles. The zero-order valence-electron chi connectivity index (χ0n) is 12.8. The normalized spacial score (nSPS) is 23.0. The number of aryl methyl sites for hydroxylation is 1. The lowest BCUT2D eigenvalue weighted by atomic mass is 9.93. The zero-order valence-corrected chi connectivity index (χ0v) is 13.6. The number of rotatable bonds is 4. The van der Waals surface area contributed by atoms with E-state index in [-0.39, 0.29) is 11.9 Å². The molecular formula is C14H23N3O3S. The molecule has 0 aliphatic heterocycles. The summed E-state index contributed by atoms with van der Waals surface area (Å²) < 4.78 is 23.9. The van der Waals surface area contributed by atoms with Gasteiger partial charge in [-0.05, 0) is 25.3 Å². The number of hydrogen-bond donors (Lipinski definition) is 1. The summed E-state index contributed by atoms with van der Waals surface area (Å²) in [4.78, 5) is 14.1. The highest BCUT2D eigenvalue weighted by atomic mass is 32.2. The molecule has 1 aliphatic carbocycles. The number of sulfone groups is 1. The standard InChI is InChI=1S/C14H23N3O3S/c1-4-10-9-11(16-15-10)14(18)17(2)12-7-5-6-8-13(12)21(3,19)20/h9,12-13H,4-8H2,1-3H3,(H,15,16)/t12-,13+/m1/s1. The molecule has 0 aromatic carbocycles. The average molecular weight is 313 g/mol. The van der Waals surface area contributed by atoms with Crippen LogP contribution in [0.2, 0.25) is 0 Å². The third kappa shape index (κ3) is 3.45. The topological polar surface area (TPSA) is 83.1 Å². The van der Waals surface area contributed by atoms with Crippen molar-refractivity contribution in [1.82, 2.24) is 15.1 Å². The maximum atomic E-state index is 12.5. The lowest BCUT2D eigenvalue weighted by molar-refractivity contribution is 0.0694. The van der Waals surface area contributed by atoms with Crippen molar-refractivity contribution in [2.45, 2.75) is 50.3 Å². The second-order valence-electron chi connectivity index (χ2n) is 5.77. The van der Waals surface area contributed by atoms with Crippen LogP contribution in [-0.2, 0) is 16.3 Å². The van der Waals surface area contributed by atoms with Gasteiger partial charge in [-0.15, -0.1) is 0 Å². The van der Waals surface area contributed by atoms with Gasteiger partial charge in [0.25, 0.3) is 5.91 Å². The summed E-state index contributed by atoms with van der Waals surface area (Å²) in [7, 11) is -1.48. The minimum Gasteiger partial charge on any atom is -0.336 e. The van der Waals surface area contributed by atoms with Crippen molar-refractivity contribution < 1.29 is 13.2 Å². The lowest BCUT2D eigenvalue weighted by Gasteiger charge is -2.36. The Morgan fingerprint density at radius 1 is 1.43 bits per heavy atom. The van der Waals surface area contributed by atoms with E-state index >= 15 is 0 Å². The highest BCUT2D eigenvalue weighted by Gasteiger charge is 2.37. The summed E-state index contributed by atoms with van der Waals surface area (Å²) in [5, 5.41) is 6.38. The van der Waals surface area contributed by atoms with Gasteiger partial charge in [0.15, 0.2) is 9.84 Å². The van der Waals surface area contributed by atoms with Gasteiger partial charge in [-0.3, -0.25) is 9.89 Å². The first-order chi connectivity index (χ1) is 9.84. The van der Waals surface area contributed by atoms with Crippen LogP contribution in [0.4, 0.5) is 0 Å². The Hall–Kier alpha value is -1.37. The van der Waals surface area contributed by atoms with Gasteiger partial charge in [0.1, 0.15) is 5.69 Å². The number of carbonyl (C=O) groups excluding carboxylic acids is 1. The third-order valence-corrected chi connectivity index (χ3v) is 5.92. The van der Waals surface area contributed by atoms with Crippen molar-refractivity contribution in [2.24, 2.45) is 0 Å². The summed E-state index contributed by atoms with van der Waals surface area (Å²) >= 11 is 0. The van der Waals surface area contributed by atoms with Gasteiger partial charge in [0.05, 0.1) is 5.25 Å². The molecule has 2 atom stereocenters. The van der Waals surface area contributed by atoms with E-state index in [0.717, 1.165) is 31.4 Å². The van der Waals surface area contributed by atoms with Gasteiger partial charge in [-0.25, -0.2) is 8.42 Å². The molecule has 1 aromatic heterocycles. The van der Waals surface area contributed by atoms with Crippen molar-refractivity contribution in [3.05, 3.63) is 17.5 Å². The Labute approximate surface area is 125 Å². The second kappa shape index (κ2) is 6.17. The van der Waals surface area contributed by atoms with Crippen LogP contribution in [0, 0.1) is 0 Å². The zero-order chi connectivity index (χ0) is 15.6. The Morgan fingerprint density at radius 2 is 2.10 bits per heavy atom. The quantitative estimate of drug-likeness (QED) is 0.911. The molecule has 0 spiro atoms. The molecule has 0 bridgehead atoms. The first-order valence-electron chi connectivity index (χ1n) is 7.35. The minimum absolute atomic E-state index is 0.216. The van der Waals surface area contributed by atoms with Crippen LogP contribution in [0.5, 0.6) is 0 Å². The number of nitrogens with one attached hydrogen (secondary N) is 1. The van der Waals surface area contributed by atoms with Gasteiger partial charge < -0.3 is 4.90 Å². The van der Waals surface area contributed by atoms with Gasteiger partial charge >= 0.3 is 0 Å². The Kier molecular flexibility index (Phi) is 4.70. The molecule has 1 aromatic rings. The van der Waals surface area contributed by atoms with Crippen molar-refractivity contribution in [1.29, 1.82) is 0 Å². The number of amides is 1. The van der Waals surface area contributed by atoms with Crippen molar-refractivity contribution >= 4 is 15.7 Å². The number of nitrogens with zero attached hydrogens (tertiary/aromatic N) is 2. The summed E-state index contributed by atoms with van der Waals surface area (Å²) in [6.07, 6.45) is 5.25. The smallest absolute Gasteiger partial charge is 0.274 e. The van der Waals surface area contributed by atoms with E-state index in [0.29, 0.717) is 12.1 Å². The van der Waals surface area contributed by atoms with Crippen molar-refractivity contribution in [3.8, 4) is 0 Å². The Balaban J connectivity index is 2.20. The molecule has 2 rings (SSSR count). The maximum absolute atomic E-state index is 12.5. The predicted octanol–water partition coefficient (Wildman–Crippen LogP) is 1.40. The van der Waals surface area contributed by atoms with Gasteiger partial charge in [-0.2, -0.15) is 5.10 Å². The molecule has 0 unspecified atom stereocenters. The first-order valence-corrected chi connectivity index (χ1v) is 9.30. The van der Waals surface area contributed by atoms with E-state index in [1.807, 2.05) is 6.92 Å². The molecule has 6 nitrogen and oxygen atoms in total. The van der Waals surface area contributed by atoms with E-state index in [9.17, 15) is 13.2 Å². The van der Waals surface area contributed by atoms with Crippen LogP contribution < -0.4 is 0 Å². The first kappa shape index (κ1) is 16.0. The number of aromatic nitrogens is 2. The summed E-state index contributed by atoms with van der Waals surface area (Å²) in [6.45, 7) is 1.98. The van der Waals surface area contributed by atoms with Crippen LogP contribution in [0.1, 0.15) is 48.8 Å². The summed E-state index contributed by atoms with van der Waals surface area (Å²) in [5.41, 5.74) is 1.25. The fourth-order valence-electron chi connectivity index (χ4n) is 3.00. The maximum Gasteiger partial charge on any atom is 0.274 e. The summed E-state index contributed by atoms with van der Waals surface area (Å²) in [6, 6.07) is 1.47. The lowest BCUT2D eigenvalue weighted by Crippen LogP contribution is -2.49. The third-order valence-electron chi connectivity index (χ3n) is 4.27. The molecule has 1 heterocycles. The van der Waals surface area contributed by atoms with Crippen molar-refractivity contribution in [2.75, 3.05) is 13.3 Å². The van der Waals surface area contributed by atoms with Crippen LogP contribution in [0.15, 0.2) is 6.07 Å². The highest BCUT2D eigenvalue weighted by Crippen LogP contribution is 2.28. The van der Waals surface area contributed by atoms with Gasteiger partial charge in [0, 0.05) is 25.0 Å². The molecule has 7 heteroatoms. The molecule has 1 amide bonds. The minimum atomic E-state index is -3.16. The fourth-order valence-corrected chi connectivity index (χ4v) is 4.49. The van der Waals surface area contributed by atoms with Crippen LogP contribution in [-0.4, -0.2) is 54.0 Å². The van der Waals surface area contributed by atoms with E-state index < -0.39 is 15.1 Å². The molecule has 1 fully saturated rings. The van der Waals surface area contributed by atoms with E-state index in [1.165, 1.54) is 6.26 Å². The largest absolute Gasteiger partial charge is 0.336 e.